The molecule has 170 valence electrons. The van der Waals surface area contributed by atoms with E-state index in [4.69, 9.17) is 18.6 Å². The van der Waals surface area contributed by atoms with Crippen LogP contribution in [0.1, 0.15) is 25.2 Å². The molecule has 0 atom stereocenters. The molecule has 0 aliphatic heterocycles. The van der Waals surface area contributed by atoms with Crippen molar-refractivity contribution in [2.75, 3.05) is 13.2 Å². The van der Waals surface area contributed by atoms with Gasteiger partial charge < -0.3 is 18.6 Å². The fourth-order valence-electron chi connectivity index (χ4n) is 2.69. The monoisotopic (exact) mass is 450 g/mol. The molecule has 32 heavy (non-hydrogen) atoms. The SMILES string of the molecule is Cc1ccc(Oc2c(C(F)(F)F)oc3cc(OCC(=O)OCC(C)C)ccc3c2=O)cc1. The first-order chi connectivity index (χ1) is 15.0. The Morgan fingerprint density at radius 1 is 1.06 bits per heavy atom. The van der Waals surface area contributed by atoms with E-state index < -0.39 is 35.7 Å². The summed E-state index contributed by atoms with van der Waals surface area (Å²) < 4.78 is 61.4. The van der Waals surface area contributed by atoms with E-state index in [9.17, 15) is 22.8 Å². The number of rotatable bonds is 7. The van der Waals surface area contributed by atoms with E-state index in [1.807, 2.05) is 13.8 Å². The van der Waals surface area contributed by atoms with Gasteiger partial charge in [-0.1, -0.05) is 31.5 Å². The number of hydrogen-bond donors (Lipinski definition) is 0. The molecule has 0 aliphatic carbocycles. The summed E-state index contributed by atoms with van der Waals surface area (Å²) in [5.74, 6) is -2.90. The van der Waals surface area contributed by atoms with Gasteiger partial charge in [0.1, 0.15) is 17.1 Å². The van der Waals surface area contributed by atoms with E-state index in [0.29, 0.717) is 0 Å². The lowest BCUT2D eigenvalue weighted by atomic mass is 10.2. The van der Waals surface area contributed by atoms with Gasteiger partial charge in [0.25, 0.3) is 5.76 Å². The van der Waals surface area contributed by atoms with Gasteiger partial charge in [-0.25, -0.2) is 4.79 Å². The Morgan fingerprint density at radius 3 is 2.34 bits per heavy atom. The number of benzene rings is 2. The third-order valence-electron chi connectivity index (χ3n) is 4.25. The van der Waals surface area contributed by atoms with Gasteiger partial charge in [0.05, 0.1) is 12.0 Å². The maximum atomic E-state index is 13.6. The van der Waals surface area contributed by atoms with E-state index in [-0.39, 0.29) is 35.0 Å². The van der Waals surface area contributed by atoms with E-state index in [2.05, 4.69) is 0 Å². The molecule has 3 rings (SSSR count). The molecule has 0 radical (unpaired) electrons. The zero-order chi connectivity index (χ0) is 23.5. The molecule has 0 spiro atoms. The zero-order valence-electron chi connectivity index (χ0n) is 17.6. The highest BCUT2D eigenvalue weighted by Crippen LogP contribution is 2.38. The maximum absolute atomic E-state index is 13.6. The third kappa shape index (κ3) is 5.60. The second kappa shape index (κ2) is 9.33. The quantitative estimate of drug-likeness (QED) is 0.443. The molecule has 6 nitrogen and oxygen atoms in total. The van der Waals surface area contributed by atoms with E-state index in [1.165, 1.54) is 24.3 Å². The molecule has 3 aromatic rings. The van der Waals surface area contributed by atoms with Crippen LogP contribution in [-0.4, -0.2) is 19.2 Å². The van der Waals surface area contributed by atoms with Crippen LogP contribution in [0.3, 0.4) is 0 Å². The van der Waals surface area contributed by atoms with Crippen LogP contribution in [0.4, 0.5) is 13.2 Å². The summed E-state index contributed by atoms with van der Waals surface area (Å²) in [4.78, 5) is 24.5. The summed E-state index contributed by atoms with van der Waals surface area (Å²) >= 11 is 0. The summed E-state index contributed by atoms with van der Waals surface area (Å²) in [6.07, 6.45) is -4.98. The molecule has 0 fully saturated rings. The first-order valence-corrected chi connectivity index (χ1v) is 9.75. The summed E-state index contributed by atoms with van der Waals surface area (Å²) in [7, 11) is 0. The molecule has 1 heterocycles. The molecular weight excluding hydrogens is 429 g/mol. The van der Waals surface area contributed by atoms with Crippen molar-refractivity contribution < 1.29 is 36.6 Å². The first-order valence-electron chi connectivity index (χ1n) is 9.75. The second-order valence-corrected chi connectivity index (χ2v) is 7.53. The highest BCUT2D eigenvalue weighted by atomic mass is 19.4. The Hall–Kier alpha value is -3.49. The molecule has 0 amide bonds. The van der Waals surface area contributed by atoms with Crippen molar-refractivity contribution in [2.24, 2.45) is 5.92 Å². The van der Waals surface area contributed by atoms with Crippen LogP contribution in [0.15, 0.2) is 51.7 Å². The Kier molecular flexibility index (Phi) is 6.76. The minimum atomic E-state index is -4.98. The smallest absolute Gasteiger partial charge is 0.453 e. The Morgan fingerprint density at radius 2 is 1.72 bits per heavy atom. The van der Waals surface area contributed by atoms with Crippen LogP contribution < -0.4 is 14.9 Å². The van der Waals surface area contributed by atoms with Gasteiger partial charge in [-0.05, 0) is 37.1 Å². The Labute approximate surface area is 181 Å². The van der Waals surface area contributed by atoms with Gasteiger partial charge in [-0.2, -0.15) is 13.2 Å². The number of aryl methyl sites for hydroxylation is 1. The molecule has 0 saturated carbocycles. The Bertz CT molecular complexity index is 1160. The van der Waals surface area contributed by atoms with Gasteiger partial charge in [0, 0.05) is 6.07 Å². The van der Waals surface area contributed by atoms with Gasteiger partial charge in [-0.3, -0.25) is 4.79 Å². The number of fused-ring (bicyclic) bond motifs is 1. The fraction of sp³-hybridized carbons (Fsp3) is 0.304. The second-order valence-electron chi connectivity index (χ2n) is 7.53. The predicted molar refractivity (Wildman–Crippen MR) is 110 cm³/mol. The van der Waals surface area contributed by atoms with Crippen molar-refractivity contribution in [3.8, 4) is 17.2 Å². The number of halogens is 3. The predicted octanol–water partition coefficient (Wildman–Crippen LogP) is 5.49. The number of hydrogen-bond acceptors (Lipinski definition) is 6. The summed E-state index contributed by atoms with van der Waals surface area (Å²) in [5.41, 5.74) is -0.465. The summed E-state index contributed by atoms with van der Waals surface area (Å²) in [5, 5.41) is -0.130. The number of esters is 1. The molecule has 0 saturated heterocycles. The van der Waals surface area contributed by atoms with Crippen LogP contribution in [-0.2, 0) is 15.7 Å². The molecular formula is C23H21F3O6. The fourth-order valence-corrected chi connectivity index (χ4v) is 2.69. The molecule has 2 aromatic carbocycles. The lowest BCUT2D eigenvalue weighted by Gasteiger charge is -2.14. The normalized spacial score (nSPS) is 11.6. The topological polar surface area (TPSA) is 75.0 Å². The number of ether oxygens (including phenoxy) is 3. The largest absolute Gasteiger partial charge is 0.482 e. The first kappa shape index (κ1) is 23.2. The van der Waals surface area contributed by atoms with Crippen molar-refractivity contribution in [1.29, 1.82) is 0 Å². The van der Waals surface area contributed by atoms with Crippen LogP contribution >= 0.6 is 0 Å². The number of alkyl halides is 3. The van der Waals surface area contributed by atoms with E-state index >= 15 is 0 Å². The lowest BCUT2D eigenvalue weighted by Crippen LogP contribution is -2.17. The van der Waals surface area contributed by atoms with Gasteiger partial charge in [-0.15, -0.1) is 0 Å². The third-order valence-corrected chi connectivity index (χ3v) is 4.25. The minimum Gasteiger partial charge on any atom is -0.482 e. The average Bonchev–Trinajstić information content (AvgIpc) is 2.73. The molecule has 0 N–H and O–H groups in total. The van der Waals surface area contributed by atoms with E-state index in [0.717, 1.165) is 11.6 Å². The number of carbonyl (C=O) groups is 1. The van der Waals surface area contributed by atoms with Crippen LogP contribution in [0.2, 0.25) is 0 Å². The van der Waals surface area contributed by atoms with Crippen LogP contribution in [0.5, 0.6) is 17.2 Å². The minimum absolute atomic E-state index is 0.0440. The Balaban J connectivity index is 1.93. The van der Waals surface area contributed by atoms with Crippen LogP contribution in [0, 0.1) is 12.8 Å². The van der Waals surface area contributed by atoms with Crippen molar-refractivity contribution in [1.82, 2.24) is 0 Å². The highest BCUT2D eigenvalue weighted by Gasteiger charge is 2.40. The molecule has 9 heteroatoms. The lowest BCUT2D eigenvalue weighted by molar-refractivity contribution is -0.154. The summed E-state index contributed by atoms with van der Waals surface area (Å²) in [6.45, 7) is 5.32. The zero-order valence-corrected chi connectivity index (χ0v) is 17.6. The maximum Gasteiger partial charge on any atom is 0.453 e. The van der Waals surface area contributed by atoms with Crippen molar-refractivity contribution in [3.05, 3.63) is 64.0 Å². The molecule has 0 aliphatic rings. The average molecular weight is 450 g/mol. The van der Waals surface area contributed by atoms with Gasteiger partial charge >= 0.3 is 12.1 Å². The molecule has 1 aromatic heterocycles. The molecule has 0 bridgehead atoms. The van der Waals surface area contributed by atoms with Crippen molar-refractivity contribution >= 4 is 16.9 Å². The molecule has 0 unspecified atom stereocenters. The van der Waals surface area contributed by atoms with Crippen molar-refractivity contribution in [2.45, 2.75) is 26.9 Å². The number of carbonyl (C=O) groups excluding carboxylic acids is 1. The van der Waals surface area contributed by atoms with Gasteiger partial charge in [0.2, 0.25) is 11.2 Å². The summed E-state index contributed by atoms with van der Waals surface area (Å²) in [6, 6.07) is 9.89. The van der Waals surface area contributed by atoms with E-state index in [1.54, 1.807) is 19.1 Å². The van der Waals surface area contributed by atoms with Crippen molar-refractivity contribution in [3.63, 3.8) is 0 Å². The van der Waals surface area contributed by atoms with Crippen LogP contribution in [0.25, 0.3) is 11.0 Å². The standard InChI is InChI=1S/C23H21F3O6/c1-13(2)11-30-19(27)12-29-16-8-9-17-18(10-16)32-22(23(24,25)26)21(20(17)28)31-15-6-4-14(3)5-7-15/h4-10,13H,11-12H2,1-3H3. The highest BCUT2D eigenvalue weighted by molar-refractivity contribution is 5.80. The van der Waals surface area contributed by atoms with Gasteiger partial charge in [0.15, 0.2) is 6.61 Å².